The fourth-order valence-electron chi connectivity index (χ4n) is 3.84. The maximum Gasteiger partial charge on any atom is 0.274 e. The largest absolute Gasteiger partial charge is 0.493 e. The SMILES string of the molecule is COc1cc(NC(=O)c2ccc3ccccc3n2)c(NC(=O)c2ccc3ccccc3n2)cc1OC. The summed E-state index contributed by atoms with van der Waals surface area (Å²) in [5.41, 5.74) is 2.51. The molecular formula is C28H22N4O4. The van der Waals surface area contributed by atoms with Crippen molar-refractivity contribution < 1.29 is 19.1 Å². The molecule has 8 heteroatoms. The summed E-state index contributed by atoms with van der Waals surface area (Å²) in [6.45, 7) is 0. The second kappa shape index (κ2) is 9.71. The van der Waals surface area contributed by atoms with Crippen molar-refractivity contribution in [2.75, 3.05) is 24.9 Å². The van der Waals surface area contributed by atoms with Crippen LogP contribution in [0.2, 0.25) is 0 Å². The molecule has 36 heavy (non-hydrogen) atoms. The number of benzene rings is 3. The highest BCUT2D eigenvalue weighted by Crippen LogP contribution is 2.37. The Hall–Kier alpha value is -4.98. The van der Waals surface area contributed by atoms with Crippen LogP contribution in [0.3, 0.4) is 0 Å². The van der Waals surface area contributed by atoms with Gasteiger partial charge in [0.05, 0.1) is 36.6 Å². The van der Waals surface area contributed by atoms with Crippen molar-refractivity contribution in [2.24, 2.45) is 0 Å². The van der Waals surface area contributed by atoms with Gasteiger partial charge in [0.1, 0.15) is 11.4 Å². The molecule has 2 N–H and O–H groups in total. The number of rotatable bonds is 6. The summed E-state index contributed by atoms with van der Waals surface area (Å²) < 4.78 is 10.8. The molecule has 0 aliphatic heterocycles. The van der Waals surface area contributed by atoms with E-state index in [1.165, 1.54) is 14.2 Å². The first-order chi connectivity index (χ1) is 17.6. The van der Waals surface area contributed by atoms with E-state index in [0.29, 0.717) is 33.9 Å². The summed E-state index contributed by atoms with van der Waals surface area (Å²) in [5, 5.41) is 7.52. The van der Waals surface area contributed by atoms with E-state index in [-0.39, 0.29) is 11.4 Å². The summed E-state index contributed by atoms with van der Waals surface area (Å²) in [4.78, 5) is 35.1. The highest BCUT2D eigenvalue weighted by Gasteiger charge is 2.18. The molecule has 0 fully saturated rings. The molecule has 2 heterocycles. The number of carbonyl (C=O) groups excluding carboxylic acids is 2. The Balaban J connectivity index is 1.47. The number of amides is 2. The number of fused-ring (bicyclic) bond motifs is 2. The van der Waals surface area contributed by atoms with Gasteiger partial charge in [0.2, 0.25) is 0 Å². The van der Waals surface area contributed by atoms with E-state index >= 15 is 0 Å². The zero-order chi connectivity index (χ0) is 25.1. The first-order valence-corrected chi connectivity index (χ1v) is 11.2. The normalized spacial score (nSPS) is 10.7. The lowest BCUT2D eigenvalue weighted by molar-refractivity contribution is 0.101. The van der Waals surface area contributed by atoms with Gasteiger partial charge in [-0.05, 0) is 24.3 Å². The molecule has 3 aromatic carbocycles. The van der Waals surface area contributed by atoms with Crippen molar-refractivity contribution in [1.29, 1.82) is 0 Å². The zero-order valence-corrected chi connectivity index (χ0v) is 19.6. The van der Waals surface area contributed by atoms with E-state index in [1.54, 1.807) is 24.3 Å². The lowest BCUT2D eigenvalue weighted by Gasteiger charge is -2.16. The lowest BCUT2D eigenvalue weighted by atomic mass is 10.1. The minimum absolute atomic E-state index is 0.233. The molecule has 178 valence electrons. The number of aromatic nitrogens is 2. The molecule has 5 aromatic rings. The zero-order valence-electron chi connectivity index (χ0n) is 19.6. The number of anilines is 2. The van der Waals surface area contributed by atoms with Crippen LogP contribution in [0.15, 0.2) is 84.9 Å². The summed E-state index contributed by atoms with van der Waals surface area (Å²) in [7, 11) is 2.98. The summed E-state index contributed by atoms with van der Waals surface area (Å²) in [5.74, 6) is -0.0956. The Morgan fingerprint density at radius 1 is 0.611 bits per heavy atom. The second-order valence-corrected chi connectivity index (χ2v) is 7.94. The van der Waals surface area contributed by atoms with Crippen LogP contribution >= 0.6 is 0 Å². The van der Waals surface area contributed by atoms with Crippen molar-refractivity contribution in [1.82, 2.24) is 9.97 Å². The number of pyridine rings is 2. The van der Waals surface area contributed by atoms with E-state index in [9.17, 15) is 9.59 Å². The average molecular weight is 479 g/mol. The number of nitrogens with zero attached hydrogens (tertiary/aromatic N) is 2. The molecule has 0 radical (unpaired) electrons. The third-order valence-electron chi connectivity index (χ3n) is 5.68. The minimum atomic E-state index is -0.438. The molecule has 8 nitrogen and oxygen atoms in total. The monoisotopic (exact) mass is 478 g/mol. The van der Waals surface area contributed by atoms with E-state index in [2.05, 4.69) is 20.6 Å². The van der Waals surface area contributed by atoms with Crippen molar-refractivity contribution in [3.8, 4) is 11.5 Å². The lowest BCUT2D eigenvalue weighted by Crippen LogP contribution is -2.18. The average Bonchev–Trinajstić information content (AvgIpc) is 2.92. The number of nitrogens with one attached hydrogen (secondary N) is 2. The van der Waals surface area contributed by atoms with Gasteiger partial charge in [-0.25, -0.2) is 9.97 Å². The topological polar surface area (TPSA) is 102 Å². The van der Waals surface area contributed by atoms with Gasteiger partial charge in [0.15, 0.2) is 11.5 Å². The number of carbonyl (C=O) groups is 2. The molecule has 0 aliphatic rings. The molecular weight excluding hydrogens is 456 g/mol. The van der Waals surface area contributed by atoms with Gasteiger partial charge in [0.25, 0.3) is 11.8 Å². The number of methoxy groups -OCH3 is 2. The van der Waals surface area contributed by atoms with Crippen molar-refractivity contribution in [3.63, 3.8) is 0 Å². The van der Waals surface area contributed by atoms with Crippen molar-refractivity contribution >= 4 is 45.0 Å². The highest BCUT2D eigenvalue weighted by molar-refractivity contribution is 6.10. The molecule has 5 rings (SSSR count). The van der Waals surface area contributed by atoms with Crippen LogP contribution in [0.4, 0.5) is 11.4 Å². The Morgan fingerprint density at radius 2 is 1.03 bits per heavy atom. The van der Waals surface area contributed by atoms with Crippen LogP contribution in [0, 0.1) is 0 Å². The molecule has 0 spiro atoms. The number of ether oxygens (including phenoxy) is 2. The van der Waals surface area contributed by atoms with Crippen LogP contribution in [0.5, 0.6) is 11.5 Å². The molecule has 0 unspecified atom stereocenters. The van der Waals surface area contributed by atoms with Crippen LogP contribution in [0.1, 0.15) is 21.0 Å². The standard InChI is InChI=1S/C28H22N4O4/c1-35-25-15-23(31-27(33)21-13-11-17-7-3-5-9-19(17)29-21)24(16-26(25)36-2)32-28(34)22-14-12-18-8-4-6-10-20(18)30-22/h3-16H,1-2H3,(H,31,33)(H,32,34). The van der Waals surface area contributed by atoms with Crippen LogP contribution < -0.4 is 20.1 Å². The van der Waals surface area contributed by atoms with Crippen molar-refractivity contribution in [2.45, 2.75) is 0 Å². The van der Waals surface area contributed by atoms with E-state index in [4.69, 9.17) is 9.47 Å². The molecule has 0 atom stereocenters. The minimum Gasteiger partial charge on any atom is -0.493 e. The number of para-hydroxylation sites is 2. The predicted molar refractivity (Wildman–Crippen MR) is 139 cm³/mol. The third-order valence-corrected chi connectivity index (χ3v) is 5.68. The predicted octanol–water partition coefficient (Wildman–Crippen LogP) is 5.30. The number of hydrogen-bond donors (Lipinski definition) is 2. The number of hydrogen-bond acceptors (Lipinski definition) is 6. The summed E-state index contributed by atoms with van der Waals surface area (Å²) in [6, 6.07) is 25.2. The highest BCUT2D eigenvalue weighted by atomic mass is 16.5. The summed E-state index contributed by atoms with van der Waals surface area (Å²) >= 11 is 0. The smallest absolute Gasteiger partial charge is 0.274 e. The fraction of sp³-hybridized carbons (Fsp3) is 0.0714. The van der Waals surface area contributed by atoms with E-state index in [0.717, 1.165) is 10.8 Å². The molecule has 0 bridgehead atoms. The fourth-order valence-corrected chi connectivity index (χ4v) is 3.84. The molecule has 0 saturated heterocycles. The molecule has 0 aliphatic carbocycles. The molecule has 0 saturated carbocycles. The van der Waals surface area contributed by atoms with Gasteiger partial charge in [0, 0.05) is 22.9 Å². The summed E-state index contributed by atoms with van der Waals surface area (Å²) in [6.07, 6.45) is 0. The van der Waals surface area contributed by atoms with Crippen LogP contribution in [0.25, 0.3) is 21.8 Å². The first-order valence-electron chi connectivity index (χ1n) is 11.2. The van der Waals surface area contributed by atoms with E-state index < -0.39 is 11.8 Å². The van der Waals surface area contributed by atoms with Gasteiger partial charge in [-0.3, -0.25) is 9.59 Å². The maximum atomic E-state index is 13.1. The Labute approximate surface area is 206 Å². The quantitative estimate of drug-likeness (QED) is 0.343. The van der Waals surface area contributed by atoms with Gasteiger partial charge in [-0.2, -0.15) is 0 Å². The van der Waals surface area contributed by atoms with Crippen molar-refractivity contribution in [3.05, 3.63) is 96.3 Å². The third kappa shape index (κ3) is 4.52. The van der Waals surface area contributed by atoms with Gasteiger partial charge < -0.3 is 20.1 Å². The molecule has 2 amide bonds. The van der Waals surface area contributed by atoms with Gasteiger partial charge >= 0.3 is 0 Å². The maximum absolute atomic E-state index is 13.1. The van der Waals surface area contributed by atoms with Gasteiger partial charge in [-0.15, -0.1) is 0 Å². The van der Waals surface area contributed by atoms with Gasteiger partial charge in [-0.1, -0.05) is 48.5 Å². The Bertz CT molecular complexity index is 1500. The van der Waals surface area contributed by atoms with Crippen LogP contribution in [-0.4, -0.2) is 36.0 Å². The van der Waals surface area contributed by atoms with E-state index in [1.807, 2.05) is 60.7 Å². The Morgan fingerprint density at radius 3 is 1.44 bits per heavy atom. The molecule has 2 aromatic heterocycles. The first kappa shape index (κ1) is 22.8. The van der Waals surface area contributed by atoms with Crippen LogP contribution in [-0.2, 0) is 0 Å². The Kier molecular flexibility index (Phi) is 6.15. The second-order valence-electron chi connectivity index (χ2n) is 7.94.